The molecule has 7 nitrogen and oxygen atoms in total. The average Bonchev–Trinajstić information content (AvgIpc) is 2.93. The van der Waals surface area contributed by atoms with Crippen molar-refractivity contribution in [2.24, 2.45) is 0 Å². The van der Waals surface area contributed by atoms with Gasteiger partial charge in [0.25, 0.3) is 0 Å². The molecule has 0 radical (unpaired) electrons. The topological polar surface area (TPSA) is 67.5 Å². The van der Waals surface area contributed by atoms with Crippen LogP contribution in [0.1, 0.15) is 31.2 Å². The summed E-state index contributed by atoms with van der Waals surface area (Å²) in [5, 5.41) is 0. The number of rotatable bonds is 5. The number of hydrogen-bond acceptors (Lipinski definition) is 7. The smallest absolute Gasteiger partial charge is 0.322 e. The zero-order chi connectivity index (χ0) is 16.1. The minimum absolute atomic E-state index is 0.355. The number of aromatic nitrogens is 3. The molecule has 0 unspecified atom stereocenters. The van der Waals surface area contributed by atoms with Gasteiger partial charge in [-0.3, -0.25) is 0 Å². The van der Waals surface area contributed by atoms with Crippen molar-refractivity contribution < 1.29 is 9.15 Å². The molecular weight excluding hydrogens is 294 g/mol. The summed E-state index contributed by atoms with van der Waals surface area (Å²) >= 11 is 0. The van der Waals surface area contributed by atoms with Gasteiger partial charge in [-0.2, -0.15) is 15.0 Å². The highest BCUT2D eigenvalue weighted by atomic mass is 16.5. The number of ether oxygens (including phenoxy) is 1. The Hall–Kier alpha value is -2.31. The van der Waals surface area contributed by atoms with E-state index in [4.69, 9.17) is 9.15 Å². The van der Waals surface area contributed by atoms with Gasteiger partial charge in [-0.25, -0.2) is 0 Å². The predicted octanol–water partition coefficient (Wildman–Crippen LogP) is 2.49. The number of methoxy groups -OCH3 is 1. The zero-order valence-electron chi connectivity index (χ0n) is 13.7. The SMILES string of the molecule is COc1nc(N(C)Cc2ccoc2)nc(N2CCCCCC2)n1. The molecule has 1 aliphatic rings. The van der Waals surface area contributed by atoms with Crippen LogP contribution >= 0.6 is 0 Å². The van der Waals surface area contributed by atoms with Crippen LogP contribution in [0, 0.1) is 0 Å². The third-order valence-corrected chi connectivity index (χ3v) is 4.00. The van der Waals surface area contributed by atoms with Crippen molar-refractivity contribution in [3.05, 3.63) is 24.2 Å². The molecule has 0 amide bonds. The molecule has 3 heterocycles. The van der Waals surface area contributed by atoms with Gasteiger partial charge in [0.15, 0.2) is 0 Å². The molecule has 1 fully saturated rings. The molecule has 0 aromatic carbocycles. The van der Waals surface area contributed by atoms with Crippen LogP contribution in [0.4, 0.5) is 11.9 Å². The third kappa shape index (κ3) is 3.91. The van der Waals surface area contributed by atoms with E-state index in [1.807, 2.05) is 18.0 Å². The Morgan fingerprint density at radius 1 is 1.17 bits per heavy atom. The Labute approximate surface area is 136 Å². The molecule has 3 rings (SSSR count). The summed E-state index contributed by atoms with van der Waals surface area (Å²) in [5.41, 5.74) is 1.07. The highest BCUT2D eigenvalue weighted by molar-refractivity contribution is 5.40. The van der Waals surface area contributed by atoms with Crippen molar-refractivity contribution >= 4 is 11.9 Å². The van der Waals surface area contributed by atoms with Gasteiger partial charge in [-0.05, 0) is 18.9 Å². The second-order valence-electron chi connectivity index (χ2n) is 5.81. The van der Waals surface area contributed by atoms with E-state index >= 15 is 0 Å². The minimum Gasteiger partial charge on any atom is -0.472 e. The van der Waals surface area contributed by atoms with Gasteiger partial charge in [0.1, 0.15) is 0 Å². The molecule has 0 spiro atoms. The molecule has 0 bridgehead atoms. The highest BCUT2D eigenvalue weighted by Gasteiger charge is 2.17. The lowest BCUT2D eigenvalue weighted by Gasteiger charge is -2.23. The number of furan rings is 1. The molecule has 1 saturated heterocycles. The predicted molar refractivity (Wildman–Crippen MR) is 87.9 cm³/mol. The first-order valence-corrected chi connectivity index (χ1v) is 8.03. The van der Waals surface area contributed by atoms with E-state index in [0.717, 1.165) is 18.7 Å². The fraction of sp³-hybridized carbons (Fsp3) is 0.562. The second kappa shape index (κ2) is 7.30. The van der Waals surface area contributed by atoms with Crippen molar-refractivity contribution in [2.75, 3.05) is 37.0 Å². The molecule has 0 saturated carbocycles. The van der Waals surface area contributed by atoms with Crippen LogP contribution in [0.3, 0.4) is 0 Å². The van der Waals surface area contributed by atoms with Crippen LogP contribution in [0.5, 0.6) is 6.01 Å². The van der Waals surface area contributed by atoms with E-state index < -0.39 is 0 Å². The van der Waals surface area contributed by atoms with Gasteiger partial charge < -0.3 is 19.0 Å². The summed E-state index contributed by atoms with van der Waals surface area (Å²) < 4.78 is 10.4. The molecule has 2 aromatic heterocycles. The summed E-state index contributed by atoms with van der Waals surface area (Å²) in [6, 6.07) is 2.29. The lowest BCUT2D eigenvalue weighted by atomic mass is 10.2. The summed E-state index contributed by atoms with van der Waals surface area (Å²) in [6.45, 7) is 2.64. The molecule has 124 valence electrons. The van der Waals surface area contributed by atoms with Crippen LogP contribution in [0.2, 0.25) is 0 Å². The molecule has 0 aliphatic carbocycles. The maximum absolute atomic E-state index is 5.27. The molecule has 23 heavy (non-hydrogen) atoms. The summed E-state index contributed by atoms with van der Waals surface area (Å²) in [4.78, 5) is 17.7. The molecule has 0 N–H and O–H groups in total. The number of nitrogens with zero attached hydrogens (tertiary/aromatic N) is 5. The first-order chi connectivity index (χ1) is 11.3. The van der Waals surface area contributed by atoms with E-state index in [2.05, 4.69) is 19.9 Å². The van der Waals surface area contributed by atoms with E-state index in [9.17, 15) is 0 Å². The van der Waals surface area contributed by atoms with Gasteiger partial charge in [0.2, 0.25) is 11.9 Å². The number of anilines is 2. The van der Waals surface area contributed by atoms with Gasteiger partial charge in [-0.15, -0.1) is 0 Å². The zero-order valence-corrected chi connectivity index (χ0v) is 13.7. The maximum atomic E-state index is 5.27. The highest BCUT2D eigenvalue weighted by Crippen LogP contribution is 2.21. The van der Waals surface area contributed by atoms with E-state index in [0.29, 0.717) is 24.5 Å². The lowest BCUT2D eigenvalue weighted by molar-refractivity contribution is 0.378. The average molecular weight is 317 g/mol. The van der Waals surface area contributed by atoms with Crippen LogP contribution < -0.4 is 14.5 Å². The number of hydrogen-bond donors (Lipinski definition) is 0. The Morgan fingerprint density at radius 2 is 1.96 bits per heavy atom. The molecule has 7 heteroatoms. The fourth-order valence-electron chi connectivity index (χ4n) is 2.74. The van der Waals surface area contributed by atoms with E-state index in [-0.39, 0.29) is 0 Å². The normalized spacial score (nSPS) is 15.3. The lowest BCUT2D eigenvalue weighted by Crippen LogP contribution is -2.28. The standard InChI is InChI=1S/C16H23N5O2/c1-20(11-13-7-10-23-12-13)14-17-15(19-16(18-14)22-2)21-8-5-3-4-6-9-21/h7,10,12H,3-6,8-9,11H2,1-2H3. The Kier molecular flexibility index (Phi) is 4.95. The van der Waals surface area contributed by atoms with Gasteiger partial charge in [0.05, 0.1) is 19.6 Å². The minimum atomic E-state index is 0.355. The largest absolute Gasteiger partial charge is 0.472 e. The van der Waals surface area contributed by atoms with Crippen molar-refractivity contribution in [2.45, 2.75) is 32.2 Å². The monoisotopic (exact) mass is 317 g/mol. The summed E-state index contributed by atoms with van der Waals surface area (Å²) in [5.74, 6) is 1.31. The first-order valence-electron chi connectivity index (χ1n) is 8.03. The Balaban J connectivity index is 1.82. The summed E-state index contributed by atoms with van der Waals surface area (Å²) in [7, 11) is 3.54. The molecular formula is C16H23N5O2. The van der Waals surface area contributed by atoms with Gasteiger partial charge >= 0.3 is 6.01 Å². The van der Waals surface area contributed by atoms with Crippen molar-refractivity contribution in [1.29, 1.82) is 0 Å². The van der Waals surface area contributed by atoms with Gasteiger partial charge in [0, 0.05) is 32.2 Å². The molecule has 2 aromatic rings. The van der Waals surface area contributed by atoms with Crippen LogP contribution in [-0.2, 0) is 6.54 Å². The Morgan fingerprint density at radius 3 is 2.61 bits per heavy atom. The van der Waals surface area contributed by atoms with E-state index in [1.54, 1.807) is 19.6 Å². The van der Waals surface area contributed by atoms with Crippen molar-refractivity contribution in [1.82, 2.24) is 15.0 Å². The van der Waals surface area contributed by atoms with Crippen molar-refractivity contribution in [3.8, 4) is 6.01 Å². The van der Waals surface area contributed by atoms with Crippen LogP contribution in [0.15, 0.2) is 23.0 Å². The summed E-state index contributed by atoms with van der Waals surface area (Å²) in [6.07, 6.45) is 8.28. The molecule has 1 aliphatic heterocycles. The fourth-order valence-corrected chi connectivity index (χ4v) is 2.74. The van der Waals surface area contributed by atoms with Crippen LogP contribution in [0.25, 0.3) is 0 Å². The Bertz CT molecular complexity index is 609. The molecule has 0 atom stereocenters. The van der Waals surface area contributed by atoms with E-state index in [1.165, 1.54) is 25.7 Å². The third-order valence-electron chi connectivity index (χ3n) is 4.00. The van der Waals surface area contributed by atoms with Gasteiger partial charge in [-0.1, -0.05) is 12.8 Å². The second-order valence-corrected chi connectivity index (χ2v) is 5.81. The maximum Gasteiger partial charge on any atom is 0.322 e. The first kappa shape index (κ1) is 15.6. The quantitative estimate of drug-likeness (QED) is 0.839. The van der Waals surface area contributed by atoms with Crippen molar-refractivity contribution in [3.63, 3.8) is 0 Å². The van der Waals surface area contributed by atoms with Crippen LogP contribution in [-0.4, -0.2) is 42.2 Å².